The van der Waals surface area contributed by atoms with E-state index in [0.717, 1.165) is 6.54 Å². The monoisotopic (exact) mass is 89.1 g/mol. The van der Waals surface area contributed by atoms with Crippen LogP contribution in [0.3, 0.4) is 0 Å². The molecule has 0 saturated heterocycles. The number of hydrogen-bond acceptors (Lipinski definition) is 1. The highest BCUT2D eigenvalue weighted by Crippen LogP contribution is 1.36. The molecule has 0 atom stereocenters. The minimum absolute atomic E-state index is 0.672. The molecule has 0 aromatic carbocycles. The van der Waals surface area contributed by atoms with Gasteiger partial charge in [-0.2, -0.15) is 0 Å². The first-order valence-electron chi connectivity index (χ1n) is 1.88. The summed E-state index contributed by atoms with van der Waals surface area (Å²) in [5.41, 5.74) is 3.50. The largest absolute Gasteiger partial charge is 0.356 e. The summed E-state index contributed by atoms with van der Waals surface area (Å²) >= 11 is 0. The molecule has 6 heavy (non-hydrogen) atoms. The molecular formula is C3H9N2O+. The van der Waals surface area contributed by atoms with E-state index in [0.29, 0.717) is 13.0 Å². The highest BCUT2D eigenvalue weighted by molar-refractivity contribution is 5.45. The zero-order valence-corrected chi connectivity index (χ0v) is 3.61. The molecule has 0 aliphatic rings. The summed E-state index contributed by atoms with van der Waals surface area (Å²) in [4.78, 5) is 9.42. The number of quaternary nitrogens is 1. The first-order valence-corrected chi connectivity index (χ1v) is 1.88. The Morgan fingerprint density at radius 2 is 2.50 bits per heavy atom. The molecule has 36 valence electrons. The number of carbonyl (C=O) groups excluding carboxylic acids is 1. The van der Waals surface area contributed by atoms with Crippen molar-refractivity contribution in [1.82, 2.24) is 5.32 Å². The van der Waals surface area contributed by atoms with Gasteiger partial charge in [-0.1, -0.05) is 0 Å². The average molecular weight is 89.1 g/mol. The number of carbonyl (C=O) groups is 1. The molecule has 3 heteroatoms. The molecule has 0 radical (unpaired) electrons. The standard InChI is InChI=1S/C3H8N2O/c4-1-2-5-3-6/h3H,1-2,4H2,(H,5,6)/p+1. The zero-order valence-electron chi connectivity index (χ0n) is 3.61. The van der Waals surface area contributed by atoms with E-state index >= 15 is 0 Å². The Kier molecular flexibility index (Phi) is 4.01. The van der Waals surface area contributed by atoms with Gasteiger partial charge in [0.05, 0.1) is 13.1 Å². The van der Waals surface area contributed by atoms with Crippen molar-refractivity contribution in [3.05, 3.63) is 0 Å². The summed E-state index contributed by atoms with van der Waals surface area (Å²) in [6.45, 7) is 1.45. The number of rotatable bonds is 3. The third-order valence-electron chi connectivity index (χ3n) is 0.404. The van der Waals surface area contributed by atoms with Crippen LogP contribution in [0.4, 0.5) is 0 Å². The van der Waals surface area contributed by atoms with Gasteiger partial charge in [0.2, 0.25) is 6.41 Å². The topological polar surface area (TPSA) is 56.7 Å². The summed E-state index contributed by atoms with van der Waals surface area (Å²) in [6.07, 6.45) is 0.672. The maximum absolute atomic E-state index is 9.42. The molecule has 0 unspecified atom stereocenters. The molecule has 0 aromatic rings. The summed E-state index contributed by atoms with van der Waals surface area (Å²) in [7, 11) is 0. The van der Waals surface area contributed by atoms with Gasteiger partial charge in [0.25, 0.3) is 0 Å². The fourth-order valence-corrected chi connectivity index (χ4v) is 0.161. The molecule has 0 aromatic heterocycles. The Labute approximate surface area is 36.5 Å². The van der Waals surface area contributed by atoms with Crippen molar-refractivity contribution in [2.75, 3.05) is 13.1 Å². The molecule has 0 aliphatic heterocycles. The first-order chi connectivity index (χ1) is 2.91. The van der Waals surface area contributed by atoms with E-state index in [1.807, 2.05) is 0 Å². The SMILES string of the molecule is [NH3+]CCNC=O. The van der Waals surface area contributed by atoms with Gasteiger partial charge in [-0.3, -0.25) is 4.79 Å². The van der Waals surface area contributed by atoms with Crippen molar-refractivity contribution in [2.24, 2.45) is 0 Å². The fraction of sp³-hybridized carbons (Fsp3) is 0.667. The van der Waals surface area contributed by atoms with Gasteiger partial charge in [0, 0.05) is 0 Å². The molecule has 0 saturated carbocycles. The molecule has 4 N–H and O–H groups in total. The lowest BCUT2D eigenvalue weighted by molar-refractivity contribution is -0.364. The van der Waals surface area contributed by atoms with Crippen LogP contribution in [-0.4, -0.2) is 19.5 Å². The van der Waals surface area contributed by atoms with Gasteiger partial charge in [0.1, 0.15) is 0 Å². The van der Waals surface area contributed by atoms with E-state index in [2.05, 4.69) is 11.1 Å². The van der Waals surface area contributed by atoms with Gasteiger partial charge >= 0.3 is 0 Å². The summed E-state index contributed by atoms with van der Waals surface area (Å²) in [5, 5.41) is 2.45. The van der Waals surface area contributed by atoms with E-state index < -0.39 is 0 Å². The Balaban J connectivity index is 2.49. The lowest BCUT2D eigenvalue weighted by Gasteiger charge is -1.84. The van der Waals surface area contributed by atoms with Crippen LogP contribution in [0.2, 0.25) is 0 Å². The van der Waals surface area contributed by atoms with Crippen molar-refractivity contribution in [2.45, 2.75) is 0 Å². The second-order valence-corrected chi connectivity index (χ2v) is 0.926. The van der Waals surface area contributed by atoms with Crippen LogP contribution in [0.15, 0.2) is 0 Å². The summed E-state index contributed by atoms with van der Waals surface area (Å²) < 4.78 is 0. The fourth-order valence-electron chi connectivity index (χ4n) is 0.161. The number of hydrogen-bond donors (Lipinski definition) is 2. The lowest BCUT2D eigenvalue weighted by Crippen LogP contribution is -2.54. The molecular weight excluding hydrogens is 80.0 g/mol. The van der Waals surface area contributed by atoms with Crippen molar-refractivity contribution in [3.8, 4) is 0 Å². The van der Waals surface area contributed by atoms with Gasteiger partial charge in [0.15, 0.2) is 0 Å². The Bertz CT molecular complexity index is 37.8. The maximum Gasteiger partial charge on any atom is 0.207 e. The summed E-state index contributed by atoms with van der Waals surface area (Å²) in [6, 6.07) is 0. The van der Waals surface area contributed by atoms with Crippen LogP contribution in [0.25, 0.3) is 0 Å². The molecule has 0 heterocycles. The van der Waals surface area contributed by atoms with Crippen molar-refractivity contribution >= 4 is 6.41 Å². The van der Waals surface area contributed by atoms with Gasteiger partial charge in [-0.05, 0) is 0 Å². The molecule has 0 spiro atoms. The van der Waals surface area contributed by atoms with E-state index in [1.165, 1.54) is 0 Å². The first kappa shape index (κ1) is 5.43. The normalized spacial score (nSPS) is 7.50. The molecule has 3 nitrogen and oxygen atoms in total. The smallest absolute Gasteiger partial charge is 0.207 e. The number of amides is 1. The molecule has 0 bridgehead atoms. The van der Waals surface area contributed by atoms with Crippen LogP contribution in [-0.2, 0) is 4.79 Å². The van der Waals surface area contributed by atoms with E-state index in [9.17, 15) is 4.79 Å². The Morgan fingerprint density at radius 1 is 1.83 bits per heavy atom. The van der Waals surface area contributed by atoms with Gasteiger partial charge in [-0.15, -0.1) is 0 Å². The zero-order chi connectivity index (χ0) is 4.83. The third kappa shape index (κ3) is 3.43. The van der Waals surface area contributed by atoms with Crippen LogP contribution in [0.1, 0.15) is 0 Å². The third-order valence-corrected chi connectivity index (χ3v) is 0.404. The second-order valence-electron chi connectivity index (χ2n) is 0.926. The van der Waals surface area contributed by atoms with Crippen LogP contribution in [0, 0.1) is 0 Å². The molecule has 0 rings (SSSR count). The van der Waals surface area contributed by atoms with Crippen LogP contribution in [0.5, 0.6) is 0 Å². The van der Waals surface area contributed by atoms with E-state index in [-0.39, 0.29) is 0 Å². The van der Waals surface area contributed by atoms with E-state index in [4.69, 9.17) is 0 Å². The van der Waals surface area contributed by atoms with Crippen LogP contribution >= 0.6 is 0 Å². The lowest BCUT2D eigenvalue weighted by atomic mass is 10.7. The van der Waals surface area contributed by atoms with Crippen molar-refractivity contribution in [1.29, 1.82) is 0 Å². The predicted octanol–water partition coefficient (Wildman–Crippen LogP) is -2.03. The molecule has 0 aliphatic carbocycles. The molecule has 1 amide bonds. The van der Waals surface area contributed by atoms with Crippen molar-refractivity contribution < 1.29 is 10.5 Å². The minimum atomic E-state index is 0.672. The average Bonchev–Trinajstić information content (AvgIpc) is 1.61. The van der Waals surface area contributed by atoms with Crippen LogP contribution < -0.4 is 11.1 Å². The highest BCUT2D eigenvalue weighted by atomic mass is 16.1. The minimum Gasteiger partial charge on any atom is -0.356 e. The van der Waals surface area contributed by atoms with Gasteiger partial charge in [-0.25, -0.2) is 0 Å². The predicted molar refractivity (Wildman–Crippen MR) is 21.8 cm³/mol. The van der Waals surface area contributed by atoms with Crippen molar-refractivity contribution in [3.63, 3.8) is 0 Å². The number of nitrogens with one attached hydrogen (secondary N) is 1. The Morgan fingerprint density at radius 3 is 2.67 bits per heavy atom. The van der Waals surface area contributed by atoms with E-state index in [1.54, 1.807) is 0 Å². The maximum atomic E-state index is 9.42. The molecule has 0 fully saturated rings. The summed E-state index contributed by atoms with van der Waals surface area (Å²) in [5.74, 6) is 0. The Hall–Kier alpha value is -0.570. The second kappa shape index (κ2) is 4.43. The highest BCUT2D eigenvalue weighted by Gasteiger charge is 1.72. The van der Waals surface area contributed by atoms with Gasteiger partial charge < -0.3 is 11.1 Å². The quantitative estimate of drug-likeness (QED) is 0.304.